The molecule has 2 N–H and O–H groups in total. The fourth-order valence-electron chi connectivity index (χ4n) is 0.545. The van der Waals surface area contributed by atoms with Crippen molar-refractivity contribution < 1.29 is 4.79 Å². The number of ketones is 1. The van der Waals surface area contributed by atoms with Gasteiger partial charge in [0.05, 0.1) is 0 Å². The molecule has 0 aliphatic rings. The minimum Gasteiger partial charge on any atom is -0.390 e. The molecule has 0 aliphatic heterocycles. The third kappa shape index (κ3) is 1.97. The summed E-state index contributed by atoms with van der Waals surface area (Å²) in [5.41, 5.74) is 7.44. The van der Waals surface area contributed by atoms with Crippen molar-refractivity contribution in [1.29, 1.82) is 5.53 Å². The van der Waals surface area contributed by atoms with Crippen LogP contribution in [0.5, 0.6) is 0 Å². The highest BCUT2D eigenvalue weighted by Crippen LogP contribution is 2.02. The lowest BCUT2D eigenvalue weighted by atomic mass is 10.3. The van der Waals surface area contributed by atoms with Crippen molar-refractivity contribution in [2.45, 2.75) is 13.8 Å². The molecule has 0 aromatic heterocycles. The van der Waals surface area contributed by atoms with Gasteiger partial charge in [-0.15, -0.1) is 0 Å². The lowest BCUT2D eigenvalue weighted by Gasteiger charge is -2.00. The monoisotopic (exact) mass is 141 g/mol. The summed E-state index contributed by atoms with van der Waals surface area (Å²) in [4.78, 5) is 10.7. The van der Waals surface area contributed by atoms with E-state index in [1.165, 1.54) is 6.92 Å². The van der Waals surface area contributed by atoms with E-state index in [4.69, 9.17) is 5.53 Å². The van der Waals surface area contributed by atoms with E-state index in [1.54, 1.807) is 14.0 Å². The van der Waals surface area contributed by atoms with Gasteiger partial charge < -0.3 is 5.32 Å². The molecule has 10 heavy (non-hydrogen) atoms. The molecular weight excluding hydrogens is 130 g/mol. The van der Waals surface area contributed by atoms with Gasteiger partial charge in [-0.25, -0.2) is 5.53 Å². The molecule has 0 unspecified atom stereocenters. The summed E-state index contributed by atoms with van der Waals surface area (Å²) in [6, 6.07) is 0. The van der Waals surface area contributed by atoms with Gasteiger partial charge in [-0.3, -0.25) is 4.79 Å². The third-order valence-electron chi connectivity index (χ3n) is 1.18. The van der Waals surface area contributed by atoms with Crippen LogP contribution >= 0.6 is 0 Å². The van der Waals surface area contributed by atoms with Crippen molar-refractivity contribution in [1.82, 2.24) is 5.32 Å². The maximum absolute atomic E-state index is 10.7. The van der Waals surface area contributed by atoms with Gasteiger partial charge in [0.2, 0.25) is 0 Å². The first-order valence-electron chi connectivity index (χ1n) is 2.90. The van der Waals surface area contributed by atoms with Crippen LogP contribution in [0.4, 0.5) is 0 Å². The Hall–Kier alpha value is -1.19. The quantitative estimate of drug-likeness (QED) is 0.456. The number of hydrogen-bond donors (Lipinski definition) is 2. The van der Waals surface area contributed by atoms with Gasteiger partial charge in [-0.1, -0.05) is 0 Å². The van der Waals surface area contributed by atoms with Gasteiger partial charge in [-0.05, 0) is 6.92 Å². The second-order valence-corrected chi connectivity index (χ2v) is 1.89. The van der Waals surface area contributed by atoms with Gasteiger partial charge >= 0.3 is 0 Å². The van der Waals surface area contributed by atoms with Crippen LogP contribution in [0, 0.1) is 5.53 Å². The normalized spacial score (nSPS) is 11.9. The fourth-order valence-corrected chi connectivity index (χ4v) is 0.545. The maximum atomic E-state index is 10.7. The van der Waals surface area contributed by atoms with Crippen LogP contribution in [0.3, 0.4) is 0 Å². The van der Waals surface area contributed by atoms with Gasteiger partial charge in [-0.2, -0.15) is 5.11 Å². The smallest absolute Gasteiger partial charge is 0.181 e. The topological polar surface area (TPSA) is 65.3 Å². The Morgan fingerprint density at radius 1 is 1.50 bits per heavy atom. The zero-order valence-electron chi connectivity index (χ0n) is 6.36. The Kier molecular flexibility index (Phi) is 3.32. The van der Waals surface area contributed by atoms with E-state index in [1.807, 2.05) is 0 Å². The standard InChI is InChI=1S/C6H11N3O/c1-4(8-3)6(9-7)5(2)10/h7-8H,1-3H3/b6-4-,9-7?. The molecule has 56 valence electrons. The van der Waals surface area contributed by atoms with Crippen molar-refractivity contribution in [3.05, 3.63) is 11.4 Å². The lowest BCUT2D eigenvalue weighted by Crippen LogP contribution is -2.08. The van der Waals surface area contributed by atoms with E-state index in [0.717, 1.165) is 0 Å². The minimum absolute atomic E-state index is 0.183. The largest absolute Gasteiger partial charge is 0.390 e. The lowest BCUT2D eigenvalue weighted by molar-refractivity contribution is -0.113. The first-order chi connectivity index (χ1) is 4.63. The molecule has 0 heterocycles. The molecule has 0 saturated heterocycles. The van der Waals surface area contributed by atoms with E-state index < -0.39 is 0 Å². The van der Waals surface area contributed by atoms with Crippen molar-refractivity contribution in [2.24, 2.45) is 5.11 Å². The minimum atomic E-state index is -0.193. The molecule has 0 radical (unpaired) electrons. The summed E-state index contributed by atoms with van der Waals surface area (Å²) < 4.78 is 0. The first kappa shape index (κ1) is 8.81. The SMILES string of the molecule is CN/C(C)=C(\N=N)C(C)=O. The van der Waals surface area contributed by atoms with Crippen LogP contribution < -0.4 is 5.32 Å². The molecule has 0 aromatic rings. The third-order valence-corrected chi connectivity index (χ3v) is 1.18. The number of Topliss-reactive ketones (excluding diaryl/α,β-unsaturated/α-hetero) is 1. The molecule has 0 rings (SSSR count). The average Bonchev–Trinajstić information content (AvgIpc) is 1.88. The summed E-state index contributed by atoms with van der Waals surface area (Å²) in [5.74, 6) is -0.193. The molecule has 0 bridgehead atoms. The fraction of sp³-hybridized carbons (Fsp3) is 0.500. The summed E-state index contributed by atoms with van der Waals surface area (Å²) in [6.07, 6.45) is 0. The Morgan fingerprint density at radius 2 is 2.00 bits per heavy atom. The zero-order valence-corrected chi connectivity index (χ0v) is 6.36. The van der Waals surface area contributed by atoms with Gasteiger partial charge in [0.15, 0.2) is 5.78 Å². The van der Waals surface area contributed by atoms with Crippen molar-refractivity contribution in [3.63, 3.8) is 0 Å². The number of nitrogens with zero attached hydrogens (tertiary/aromatic N) is 1. The van der Waals surface area contributed by atoms with Crippen LogP contribution in [0.1, 0.15) is 13.8 Å². The van der Waals surface area contributed by atoms with Crippen LogP contribution in [-0.4, -0.2) is 12.8 Å². The Labute approximate surface area is 59.8 Å². The number of allylic oxidation sites excluding steroid dienone is 2. The van der Waals surface area contributed by atoms with E-state index in [-0.39, 0.29) is 11.5 Å². The summed E-state index contributed by atoms with van der Waals surface area (Å²) in [6.45, 7) is 3.09. The molecule has 0 spiro atoms. The summed E-state index contributed by atoms with van der Waals surface area (Å²) in [7, 11) is 1.68. The predicted octanol–water partition coefficient (Wildman–Crippen LogP) is 1.06. The van der Waals surface area contributed by atoms with Gasteiger partial charge in [0, 0.05) is 19.7 Å². The van der Waals surface area contributed by atoms with Crippen LogP contribution in [-0.2, 0) is 4.79 Å². The average molecular weight is 141 g/mol. The van der Waals surface area contributed by atoms with E-state index in [0.29, 0.717) is 5.70 Å². The second-order valence-electron chi connectivity index (χ2n) is 1.89. The Bertz CT molecular complexity index is 183. The molecular formula is C6H11N3O. The van der Waals surface area contributed by atoms with E-state index >= 15 is 0 Å². The number of hydrogen-bond acceptors (Lipinski definition) is 4. The number of carbonyl (C=O) groups is 1. The molecule has 4 nitrogen and oxygen atoms in total. The molecule has 0 amide bonds. The van der Waals surface area contributed by atoms with E-state index in [9.17, 15) is 4.79 Å². The van der Waals surface area contributed by atoms with Crippen LogP contribution in [0.2, 0.25) is 0 Å². The number of carbonyl (C=O) groups excluding carboxylic acids is 1. The zero-order chi connectivity index (χ0) is 8.15. The second kappa shape index (κ2) is 3.76. The van der Waals surface area contributed by atoms with Crippen molar-refractivity contribution in [2.75, 3.05) is 7.05 Å². The molecule has 0 aliphatic carbocycles. The van der Waals surface area contributed by atoms with Gasteiger partial charge in [0.1, 0.15) is 5.70 Å². The predicted molar refractivity (Wildman–Crippen MR) is 37.6 cm³/mol. The summed E-state index contributed by atoms with van der Waals surface area (Å²) >= 11 is 0. The van der Waals surface area contributed by atoms with Crippen molar-refractivity contribution >= 4 is 5.78 Å². The maximum Gasteiger partial charge on any atom is 0.181 e. The van der Waals surface area contributed by atoms with Gasteiger partial charge in [0.25, 0.3) is 0 Å². The van der Waals surface area contributed by atoms with E-state index in [2.05, 4.69) is 10.4 Å². The molecule has 0 saturated carbocycles. The van der Waals surface area contributed by atoms with Crippen LogP contribution in [0.15, 0.2) is 16.5 Å². The summed E-state index contributed by atoms with van der Waals surface area (Å²) in [5, 5.41) is 5.82. The Morgan fingerprint density at radius 3 is 2.10 bits per heavy atom. The first-order valence-corrected chi connectivity index (χ1v) is 2.90. The number of rotatable bonds is 3. The molecule has 0 fully saturated rings. The molecule has 0 aromatic carbocycles. The number of nitrogens with one attached hydrogen (secondary N) is 2. The highest BCUT2D eigenvalue weighted by Gasteiger charge is 2.04. The Balaban J connectivity index is 4.62. The highest BCUT2D eigenvalue weighted by atomic mass is 16.1. The van der Waals surface area contributed by atoms with Crippen molar-refractivity contribution in [3.8, 4) is 0 Å². The highest BCUT2D eigenvalue weighted by molar-refractivity contribution is 5.93. The molecule has 0 atom stereocenters. The molecule has 4 heteroatoms. The van der Waals surface area contributed by atoms with Crippen LogP contribution in [0.25, 0.3) is 0 Å².